The minimum atomic E-state index is -0.285. The van der Waals surface area contributed by atoms with E-state index in [1.54, 1.807) is 6.20 Å². The Morgan fingerprint density at radius 3 is 2.89 bits per heavy atom. The van der Waals surface area contributed by atoms with E-state index in [9.17, 15) is 0 Å². The summed E-state index contributed by atoms with van der Waals surface area (Å²) in [6, 6.07) is 3.73. The van der Waals surface area contributed by atoms with Crippen LogP contribution in [0, 0.1) is 0 Å². The molecule has 0 amide bonds. The van der Waals surface area contributed by atoms with Gasteiger partial charge in [-0.1, -0.05) is 12.1 Å². The summed E-state index contributed by atoms with van der Waals surface area (Å²) >= 11 is 3.42. The van der Waals surface area contributed by atoms with Gasteiger partial charge in [-0.3, -0.25) is 4.98 Å². The predicted octanol–water partition coefficient (Wildman–Crippen LogP) is 2.52. The second kappa shape index (κ2) is 5.16. The molecule has 18 heavy (non-hydrogen) atoms. The molecular weight excluding hydrogens is 296 g/mol. The first-order valence-electron chi connectivity index (χ1n) is 5.76. The van der Waals surface area contributed by atoms with Gasteiger partial charge in [0.1, 0.15) is 5.69 Å². The van der Waals surface area contributed by atoms with E-state index in [0.29, 0.717) is 24.0 Å². The van der Waals surface area contributed by atoms with Crippen molar-refractivity contribution in [1.82, 2.24) is 15.1 Å². The lowest BCUT2D eigenvalue weighted by atomic mass is 9.88. The summed E-state index contributed by atoms with van der Waals surface area (Å²) in [5.41, 5.74) is 6.16. The Morgan fingerprint density at radius 1 is 1.50 bits per heavy atom. The Balaban J connectivity index is 2.40. The smallest absolute Gasteiger partial charge is 0.234 e. The lowest BCUT2D eigenvalue weighted by molar-refractivity contribution is 0.291. The Labute approximate surface area is 114 Å². The molecule has 96 valence electrons. The van der Waals surface area contributed by atoms with Crippen molar-refractivity contribution in [2.24, 2.45) is 5.73 Å². The van der Waals surface area contributed by atoms with Gasteiger partial charge in [0.25, 0.3) is 0 Å². The molecule has 0 aromatic carbocycles. The van der Waals surface area contributed by atoms with Gasteiger partial charge in [-0.2, -0.15) is 4.98 Å². The standard InChI is InChI=1S/C12H15BrN4O/c1-3-12(2,7-14)11-16-10(17-18-11)9-8(13)5-4-6-15-9/h4-6H,3,7,14H2,1-2H3. The summed E-state index contributed by atoms with van der Waals surface area (Å²) < 4.78 is 6.16. The van der Waals surface area contributed by atoms with Crippen molar-refractivity contribution in [3.63, 3.8) is 0 Å². The molecule has 6 heteroatoms. The van der Waals surface area contributed by atoms with E-state index < -0.39 is 0 Å². The quantitative estimate of drug-likeness (QED) is 0.938. The number of halogens is 1. The summed E-state index contributed by atoms with van der Waals surface area (Å²) in [4.78, 5) is 8.64. The summed E-state index contributed by atoms with van der Waals surface area (Å²) in [6.07, 6.45) is 2.53. The average molecular weight is 311 g/mol. The van der Waals surface area contributed by atoms with Gasteiger partial charge in [-0.15, -0.1) is 0 Å². The number of nitrogens with zero attached hydrogens (tertiary/aromatic N) is 3. The first kappa shape index (κ1) is 13.2. The van der Waals surface area contributed by atoms with Crippen LogP contribution in [0.5, 0.6) is 0 Å². The number of hydrogen-bond donors (Lipinski definition) is 1. The van der Waals surface area contributed by atoms with Crippen LogP contribution in [0.25, 0.3) is 11.5 Å². The third-order valence-corrected chi connectivity index (χ3v) is 3.78. The van der Waals surface area contributed by atoms with Crippen molar-refractivity contribution in [3.8, 4) is 11.5 Å². The Morgan fingerprint density at radius 2 is 2.28 bits per heavy atom. The van der Waals surface area contributed by atoms with Crippen LogP contribution in [0.1, 0.15) is 26.2 Å². The molecule has 2 N–H and O–H groups in total. The minimum Gasteiger partial charge on any atom is -0.338 e. The van der Waals surface area contributed by atoms with Gasteiger partial charge in [0.2, 0.25) is 11.7 Å². The van der Waals surface area contributed by atoms with Crippen molar-refractivity contribution in [1.29, 1.82) is 0 Å². The molecule has 0 spiro atoms. The number of hydrogen-bond acceptors (Lipinski definition) is 5. The molecule has 0 fully saturated rings. The third kappa shape index (κ3) is 2.30. The fraction of sp³-hybridized carbons (Fsp3) is 0.417. The summed E-state index contributed by atoms with van der Waals surface area (Å²) in [7, 11) is 0. The van der Waals surface area contributed by atoms with E-state index >= 15 is 0 Å². The third-order valence-electron chi connectivity index (χ3n) is 3.14. The van der Waals surface area contributed by atoms with Gasteiger partial charge in [0, 0.05) is 17.2 Å². The monoisotopic (exact) mass is 310 g/mol. The van der Waals surface area contributed by atoms with Crippen LogP contribution in [0.4, 0.5) is 0 Å². The molecule has 0 saturated heterocycles. The number of aromatic nitrogens is 3. The van der Waals surface area contributed by atoms with Crippen LogP contribution in [-0.4, -0.2) is 21.7 Å². The first-order chi connectivity index (χ1) is 8.60. The maximum Gasteiger partial charge on any atom is 0.234 e. The van der Waals surface area contributed by atoms with Gasteiger partial charge >= 0.3 is 0 Å². The van der Waals surface area contributed by atoms with Crippen molar-refractivity contribution >= 4 is 15.9 Å². The molecule has 2 aromatic rings. The minimum absolute atomic E-state index is 0.285. The van der Waals surface area contributed by atoms with Gasteiger partial charge in [0.05, 0.1) is 5.41 Å². The molecule has 0 saturated carbocycles. The lowest BCUT2D eigenvalue weighted by Gasteiger charge is -2.20. The molecule has 2 aromatic heterocycles. The highest BCUT2D eigenvalue weighted by Crippen LogP contribution is 2.28. The van der Waals surface area contributed by atoms with Crippen LogP contribution in [0.3, 0.4) is 0 Å². The lowest BCUT2D eigenvalue weighted by Crippen LogP contribution is -2.31. The maximum absolute atomic E-state index is 5.77. The van der Waals surface area contributed by atoms with Gasteiger partial charge in [-0.05, 0) is 41.4 Å². The van der Waals surface area contributed by atoms with E-state index in [0.717, 1.165) is 10.9 Å². The van der Waals surface area contributed by atoms with Crippen molar-refractivity contribution in [2.75, 3.05) is 6.54 Å². The fourth-order valence-electron chi connectivity index (χ4n) is 1.50. The predicted molar refractivity (Wildman–Crippen MR) is 71.9 cm³/mol. The first-order valence-corrected chi connectivity index (χ1v) is 6.55. The highest BCUT2D eigenvalue weighted by atomic mass is 79.9. The molecule has 2 rings (SSSR count). The van der Waals surface area contributed by atoms with Gasteiger partial charge in [-0.25, -0.2) is 0 Å². The zero-order chi connectivity index (χ0) is 13.2. The molecule has 1 atom stereocenters. The number of rotatable bonds is 4. The van der Waals surface area contributed by atoms with E-state index in [4.69, 9.17) is 10.3 Å². The molecule has 0 radical (unpaired) electrons. The largest absolute Gasteiger partial charge is 0.338 e. The zero-order valence-corrected chi connectivity index (χ0v) is 11.9. The highest BCUT2D eigenvalue weighted by molar-refractivity contribution is 9.10. The SMILES string of the molecule is CCC(C)(CN)c1nc(-c2ncccc2Br)no1. The molecular formula is C12H15BrN4O. The highest BCUT2D eigenvalue weighted by Gasteiger charge is 2.30. The molecule has 0 aliphatic heterocycles. The van der Waals surface area contributed by atoms with Crippen LogP contribution in [-0.2, 0) is 5.41 Å². The van der Waals surface area contributed by atoms with E-state index in [1.807, 2.05) is 26.0 Å². The van der Waals surface area contributed by atoms with Crippen LogP contribution < -0.4 is 5.73 Å². The summed E-state index contributed by atoms with van der Waals surface area (Å²) in [5, 5.41) is 3.98. The second-order valence-corrected chi connectivity index (χ2v) is 5.23. The van der Waals surface area contributed by atoms with E-state index in [2.05, 4.69) is 31.1 Å². The van der Waals surface area contributed by atoms with Crippen molar-refractivity contribution < 1.29 is 4.52 Å². The number of nitrogens with two attached hydrogens (primary N) is 1. The Kier molecular flexibility index (Phi) is 3.77. The molecule has 0 bridgehead atoms. The molecule has 0 aliphatic carbocycles. The summed E-state index contributed by atoms with van der Waals surface area (Å²) in [6.45, 7) is 4.53. The van der Waals surface area contributed by atoms with Crippen LogP contribution in [0.2, 0.25) is 0 Å². The Bertz CT molecular complexity index is 536. The molecule has 5 nitrogen and oxygen atoms in total. The van der Waals surface area contributed by atoms with Crippen LogP contribution in [0.15, 0.2) is 27.3 Å². The molecule has 1 unspecified atom stereocenters. The van der Waals surface area contributed by atoms with Crippen molar-refractivity contribution in [2.45, 2.75) is 25.7 Å². The Hall–Kier alpha value is -1.27. The maximum atomic E-state index is 5.77. The summed E-state index contributed by atoms with van der Waals surface area (Å²) in [5.74, 6) is 1.03. The van der Waals surface area contributed by atoms with Gasteiger partial charge in [0.15, 0.2) is 0 Å². The number of pyridine rings is 1. The fourth-order valence-corrected chi connectivity index (χ4v) is 1.93. The second-order valence-electron chi connectivity index (χ2n) is 4.38. The molecule has 2 heterocycles. The normalized spacial score (nSPS) is 14.4. The van der Waals surface area contributed by atoms with Crippen molar-refractivity contribution in [3.05, 3.63) is 28.7 Å². The van der Waals surface area contributed by atoms with Crippen LogP contribution >= 0.6 is 15.9 Å². The van der Waals surface area contributed by atoms with Gasteiger partial charge < -0.3 is 10.3 Å². The van der Waals surface area contributed by atoms with E-state index in [-0.39, 0.29) is 5.41 Å². The zero-order valence-electron chi connectivity index (χ0n) is 10.4. The topological polar surface area (TPSA) is 77.8 Å². The van der Waals surface area contributed by atoms with E-state index in [1.165, 1.54) is 0 Å². The molecule has 0 aliphatic rings. The average Bonchev–Trinajstić information content (AvgIpc) is 2.88.